The van der Waals surface area contributed by atoms with Crippen LogP contribution in [0.4, 0.5) is 0 Å². The molecule has 0 heterocycles. The molecule has 21 heavy (non-hydrogen) atoms. The van der Waals surface area contributed by atoms with Gasteiger partial charge < -0.3 is 5.32 Å². The normalized spacial score (nSPS) is 12.0. The zero-order chi connectivity index (χ0) is 15.9. The van der Waals surface area contributed by atoms with E-state index in [0.717, 1.165) is 31.4 Å². The zero-order valence-corrected chi connectivity index (χ0v) is 14.6. The van der Waals surface area contributed by atoms with Crippen LogP contribution in [0.1, 0.15) is 38.7 Å². The molecular formula is C15H25ClN2O2S. The summed E-state index contributed by atoms with van der Waals surface area (Å²) >= 11 is 6.14. The molecule has 0 aliphatic carbocycles. The lowest BCUT2D eigenvalue weighted by molar-refractivity contribution is 0.459. The lowest BCUT2D eigenvalue weighted by Crippen LogP contribution is -2.28. The average molecular weight is 333 g/mol. The van der Waals surface area contributed by atoms with E-state index in [1.165, 1.54) is 4.31 Å². The van der Waals surface area contributed by atoms with E-state index in [1.54, 1.807) is 25.2 Å². The molecule has 1 rings (SSSR count). The van der Waals surface area contributed by atoms with E-state index in [1.807, 2.05) is 6.92 Å². The number of nitrogens with one attached hydrogen (secondary N) is 1. The average Bonchev–Trinajstić information content (AvgIpc) is 2.46. The van der Waals surface area contributed by atoms with Gasteiger partial charge in [0.2, 0.25) is 10.0 Å². The number of halogens is 1. The summed E-state index contributed by atoms with van der Waals surface area (Å²) < 4.78 is 26.4. The van der Waals surface area contributed by atoms with Crippen LogP contribution in [0.5, 0.6) is 0 Å². The molecule has 0 unspecified atom stereocenters. The Kier molecular flexibility index (Phi) is 7.66. The van der Waals surface area contributed by atoms with Gasteiger partial charge in [-0.3, -0.25) is 0 Å². The standard InChI is InChI=1S/C15H25ClN2O2S/c1-4-6-10-18(3)21(19,20)14-7-8-15(16)13(11-14)12-17-9-5-2/h7-8,11,17H,4-6,9-10,12H2,1-3H3. The minimum absolute atomic E-state index is 0.304. The number of nitrogens with zero attached hydrogens (tertiary/aromatic N) is 1. The zero-order valence-electron chi connectivity index (χ0n) is 13.0. The third-order valence-electron chi connectivity index (χ3n) is 3.29. The van der Waals surface area contributed by atoms with Gasteiger partial charge in [0.05, 0.1) is 4.90 Å². The van der Waals surface area contributed by atoms with Gasteiger partial charge in [0.25, 0.3) is 0 Å². The van der Waals surface area contributed by atoms with Crippen molar-refractivity contribution in [3.8, 4) is 0 Å². The number of hydrogen-bond acceptors (Lipinski definition) is 3. The molecule has 0 saturated heterocycles. The fourth-order valence-electron chi connectivity index (χ4n) is 1.93. The van der Waals surface area contributed by atoms with E-state index >= 15 is 0 Å². The summed E-state index contributed by atoms with van der Waals surface area (Å²) in [5, 5.41) is 3.83. The Labute approximate surface area is 133 Å². The summed E-state index contributed by atoms with van der Waals surface area (Å²) in [6.07, 6.45) is 2.84. The highest BCUT2D eigenvalue weighted by atomic mass is 35.5. The third kappa shape index (κ3) is 5.25. The molecule has 0 aliphatic heterocycles. The van der Waals surface area contributed by atoms with Gasteiger partial charge in [-0.2, -0.15) is 0 Å². The Morgan fingerprint density at radius 3 is 2.57 bits per heavy atom. The Morgan fingerprint density at radius 1 is 1.24 bits per heavy atom. The molecule has 0 atom stereocenters. The van der Waals surface area contributed by atoms with E-state index in [9.17, 15) is 8.42 Å². The first-order valence-corrected chi connectivity index (χ1v) is 9.20. The van der Waals surface area contributed by atoms with Gasteiger partial charge in [-0.25, -0.2) is 12.7 Å². The fraction of sp³-hybridized carbons (Fsp3) is 0.600. The van der Waals surface area contributed by atoms with Crippen molar-refractivity contribution >= 4 is 21.6 Å². The number of benzene rings is 1. The number of sulfonamides is 1. The molecule has 0 saturated carbocycles. The van der Waals surface area contributed by atoms with Crippen molar-refractivity contribution in [2.24, 2.45) is 0 Å². The van der Waals surface area contributed by atoms with Crippen LogP contribution in [0.15, 0.2) is 23.1 Å². The van der Waals surface area contributed by atoms with E-state index < -0.39 is 10.0 Å². The van der Waals surface area contributed by atoms with Gasteiger partial charge in [-0.05, 0) is 43.1 Å². The minimum Gasteiger partial charge on any atom is -0.313 e. The Balaban J connectivity index is 2.94. The van der Waals surface area contributed by atoms with Crippen molar-refractivity contribution in [3.05, 3.63) is 28.8 Å². The Bertz CT molecular complexity index is 547. The SMILES string of the molecule is CCCCN(C)S(=O)(=O)c1ccc(Cl)c(CNCCC)c1. The highest BCUT2D eigenvalue weighted by molar-refractivity contribution is 7.89. The molecule has 4 nitrogen and oxygen atoms in total. The first-order chi connectivity index (χ1) is 9.93. The van der Waals surface area contributed by atoms with E-state index in [0.29, 0.717) is 23.0 Å². The molecule has 1 aromatic rings. The number of unbranched alkanes of at least 4 members (excludes halogenated alkanes) is 1. The third-order valence-corrected chi connectivity index (χ3v) is 5.52. The molecule has 0 fully saturated rings. The number of hydrogen-bond donors (Lipinski definition) is 1. The Morgan fingerprint density at radius 2 is 1.95 bits per heavy atom. The fourth-order valence-corrected chi connectivity index (χ4v) is 3.37. The summed E-state index contributed by atoms with van der Waals surface area (Å²) in [5.41, 5.74) is 0.815. The molecule has 0 radical (unpaired) electrons. The molecule has 6 heteroatoms. The minimum atomic E-state index is -3.43. The van der Waals surface area contributed by atoms with Crippen LogP contribution in [0.2, 0.25) is 5.02 Å². The quantitative estimate of drug-likeness (QED) is 0.706. The second-order valence-electron chi connectivity index (χ2n) is 5.11. The van der Waals surface area contributed by atoms with Crippen molar-refractivity contribution in [2.75, 3.05) is 20.1 Å². The maximum Gasteiger partial charge on any atom is 0.242 e. The molecule has 1 aromatic carbocycles. The predicted molar refractivity (Wildman–Crippen MR) is 88.2 cm³/mol. The van der Waals surface area contributed by atoms with E-state index in [4.69, 9.17) is 11.6 Å². The molecule has 0 spiro atoms. The van der Waals surface area contributed by atoms with Gasteiger partial charge in [0.15, 0.2) is 0 Å². The van der Waals surface area contributed by atoms with Crippen molar-refractivity contribution in [2.45, 2.75) is 44.6 Å². The monoisotopic (exact) mass is 332 g/mol. The summed E-state index contributed by atoms with van der Waals surface area (Å²) in [7, 11) is -1.81. The van der Waals surface area contributed by atoms with Crippen LogP contribution in [0.3, 0.4) is 0 Å². The summed E-state index contributed by atoms with van der Waals surface area (Å²) in [4.78, 5) is 0.304. The summed E-state index contributed by atoms with van der Waals surface area (Å²) in [5.74, 6) is 0. The van der Waals surface area contributed by atoms with E-state index in [-0.39, 0.29) is 0 Å². The molecule has 0 bridgehead atoms. The maximum absolute atomic E-state index is 12.5. The van der Waals surface area contributed by atoms with Crippen molar-refractivity contribution in [1.82, 2.24) is 9.62 Å². The van der Waals surface area contributed by atoms with Crippen molar-refractivity contribution in [3.63, 3.8) is 0 Å². The van der Waals surface area contributed by atoms with Crippen LogP contribution in [-0.4, -0.2) is 32.9 Å². The maximum atomic E-state index is 12.5. The molecule has 0 amide bonds. The highest BCUT2D eigenvalue weighted by Crippen LogP contribution is 2.22. The van der Waals surface area contributed by atoms with Crippen LogP contribution in [-0.2, 0) is 16.6 Å². The summed E-state index contributed by atoms with van der Waals surface area (Å²) in [6, 6.07) is 4.90. The van der Waals surface area contributed by atoms with Crippen molar-refractivity contribution in [1.29, 1.82) is 0 Å². The van der Waals surface area contributed by atoms with Gasteiger partial charge in [-0.1, -0.05) is 31.9 Å². The highest BCUT2D eigenvalue weighted by Gasteiger charge is 2.21. The smallest absolute Gasteiger partial charge is 0.242 e. The van der Waals surface area contributed by atoms with Gasteiger partial charge in [-0.15, -0.1) is 0 Å². The molecular weight excluding hydrogens is 308 g/mol. The molecule has 120 valence electrons. The number of rotatable bonds is 9. The lowest BCUT2D eigenvalue weighted by atomic mass is 10.2. The van der Waals surface area contributed by atoms with Crippen LogP contribution in [0, 0.1) is 0 Å². The van der Waals surface area contributed by atoms with Gasteiger partial charge >= 0.3 is 0 Å². The van der Waals surface area contributed by atoms with Gasteiger partial charge in [0.1, 0.15) is 0 Å². The summed E-state index contributed by atoms with van der Waals surface area (Å²) in [6.45, 7) is 6.11. The second-order valence-corrected chi connectivity index (χ2v) is 7.56. The predicted octanol–water partition coefficient (Wildman–Crippen LogP) is 3.26. The molecule has 0 aromatic heterocycles. The molecule has 0 aliphatic rings. The molecule has 1 N–H and O–H groups in total. The largest absolute Gasteiger partial charge is 0.313 e. The van der Waals surface area contributed by atoms with Crippen LogP contribution in [0.25, 0.3) is 0 Å². The first-order valence-electron chi connectivity index (χ1n) is 7.39. The van der Waals surface area contributed by atoms with E-state index in [2.05, 4.69) is 12.2 Å². The van der Waals surface area contributed by atoms with Gasteiger partial charge in [0, 0.05) is 25.2 Å². The van der Waals surface area contributed by atoms with Crippen LogP contribution >= 0.6 is 11.6 Å². The first kappa shape index (κ1) is 18.4. The second kappa shape index (κ2) is 8.73. The lowest BCUT2D eigenvalue weighted by Gasteiger charge is -2.17. The topological polar surface area (TPSA) is 49.4 Å². The van der Waals surface area contributed by atoms with Crippen molar-refractivity contribution < 1.29 is 8.42 Å². The Hall–Kier alpha value is -0.620. The van der Waals surface area contributed by atoms with Crippen LogP contribution < -0.4 is 5.32 Å².